The molecule has 2 aromatic heterocycles. The molecule has 1 N–H and O–H groups in total. The van der Waals surface area contributed by atoms with Gasteiger partial charge in [0.1, 0.15) is 10.9 Å². The number of Topliss-reactive ketones (excluding diaryl/α,β-unsaturated/α-hetero) is 1. The number of allylic oxidation sites excluding steroid dienone is 1. The van der Waals surface area contributed by atoms with E-state index in [9.17, 15) is 4.79 Å². The van der Waals surface area contributed by atoms with Crippen LogP contribution in [0.2, 0.25) is 0 Å². The first kappa shape index (κ1) is 11.8. The van der Waals surface area contributed by atoms with E-state index in [1.807, 2.05) is 29.0 Å². The second-order valence-corrected chi connectivity index (χ2v) is 6.65. The molecule has 1 atom stereocenters. The van der Waals surface area contributed by atoms with E-state index in [4.69, 9.17) is 5.41 Å². The lowest BCUT2D eigenvalue weighted by molar-refractivity contribution is -0.114. The highest BCUT2D eigenvalue weighted by atomic mass is 32.2. The topological polar surface area (TPSA) is 53.8 Å². The molecule has 0 radical (unpaired) electrons. The molecule has 6 heteroatoms. The molecule has 1 saturated heterocycles. The number of thiazole rings is 1. The Morgan fingerprint density at radius 3 is 2.89 bits per heavy atom. The fraction of sp³-hybridized carbons (Fsp3) is 0.0833. The highest BCUT2D eigenvalue weighted by molar-refractivity contribution is 8.19. The Morgan fingerprint density at radius 1 is 1.33 bits per heavy atom. The Morgan fingerprint density at radius 2 is 2.22 bits per heavy atom. The summed E-state index contributed by atoms with van der Waals surface area (Å²) in [4.78, 5) is 18.1. The van der Waals surface area contributed by atoms with Crippen molar-refractivity contribution >= 4 is 51.3 Å². The largest absolute Gasteiger partial charge is 0.297 e. The summed E-state index contributed by atoms with van der Waals surface area (Å²) in [5, 5.41) is 12.8. The molecule has 18 heavy (non-hydrogen) atoms. The lowest BCUT2D eigenvalue weighted by Gasteiger charge is -2.01. The van der Waals surface area contributed by atoms with Gasteiger partial charge in [-0.3, -0.25) is 10.2 Å². The molecule has 0 bridgehead atoms. The lowest BCUT2D eigenvalue weighted by atomic mass is 10.1. The maximum Gasteiger partial charge on any atom is 0.186 e. The molecule has 1 fully saturated rings. The van der Waals surface area contributed by atoms with Crippen LogP contribution in [0.5, 0.6) is 0 Å². The molecule has 3 heterocycles. The van der Waals surface area contributed by atoms with Crippen LogP contribution in [0.25, 0.3) is 6.08 Å². The second kappa shape index (κ2) is 4.79. The molecular weight excluding hydrogens is 284 g/mol. The van der Waals surface area contributed by atoms with E-state index < -0.39 is 5.92 Å². The van der Waals surface area contributed by atoms with E-state index in [1.54, 1.807) is 17.5 Å². The molecule has 3 rings (SSSR count). The first-order valence-electron chi connectivity index (χ1n) is 5.21. The van der Waals surface area contributed by atoms with Gasteiger partial charge in [0.15, 0.2) is 5.78 Å². The Kier molecular flexibility index (Phi) is 3.15. The van der Waals surface area contributed by atoms with Crippen LogP contribution in [0.4, 0.5) is 0 Å². The number of aromatic nitrogens is 1. The minimum atomic E-state index is -0.485. The number of nitrogens with one attached hydrogen (secondary N) is 1. The molecule has 0 saturated carbocycles. The van der Waals surface area contributed by atoms with E-state index in [2.05, 4.69) is 4.98 Å². The third kappa shape index (κ3) is 2.07. The molecule has 0 amide bonds. The third-order valence-electron chi connectivity index (χ3n) is 2.50. The van der Waals surface area contributed by atoms with Crippen molar-refractivity contribution in [2.24, 2.45) is 0 Å². The summed E-state index contributed by atoms with van der Waals surface area (Å²) in [7, 11) is 0. The molecule has 2 aromatic rings. The molecular formula is C12H8N2OS3. The van der Waals surface area contributed by atoms with Crippen LogP contribution in [0.3, 0.4) is 0 Å². The van der Waals surface area contributed by atoms with Gasteiger partial charge in [0, 0.05) is 16.5 Å². The van der Waals surface area contributed by atoms with Crippen molar-refractivity contribution in [3.05, 3.63) is 43.9 Å². The van der Waals surface area contributed by atoms with Gasteiger partial charge in [0.25, 0.3) is 0 Å². The number of thioether (sulfide) groups is 1. The predicted octanol–water partition coefficient (Wildman–Crippen LogP) is 3.62. The zero-order valence-corrected chi connectivity index (χ0v) is 11.6. The van der Waals surface area contributed by atoms with E-state index in [1.165, 1.54) is 23.1 Å². The summed E-state index contributed by atoms with van der Waals surface area (Å²) in [6.07, 6.45) is 3.53. The fourth-order valence-corrected chi connectivity index (χ4v) is 4.22. The fourth-order valence-electron chi connectivity index (χ4n) is 1.69. The zero-order chi connectivity index (χ0) is 12.5. The molecule has 1 aliphatic heterocycles. The number of nitrogens with zero attached hydrogens (tertiary/aromatic N) is 1. The first-order valence-corrected chi connectivity index (χ1v) is 7.78. The highest BCUT2D eigenvalue weighted by Crippen LogP contribution is 2.41. The van der Waals surface area contributed by atoms with Crippen LogP contribution in [0.15, 0.2) is 34.0 Å². The van der Waals surface area contributed by atoms with Gasteiger partial charge in [-0.25, -0.2) is 4.98 Å². The van der Waals surface area contributed by atoms with Crippen molar-refractivity contribution in [3.63, 3.8) is 0 Å². The van der Waals surface area contributed by atoms with Gasteiger partial charge in [-0.1, -0.05) is 17.8 Å². The summed E-state index contributed by atoms with van der Waals surface area (Å²) in [6, 6.07) is 3.91. The van der Waals surface area contributed by atoms with E-state index in [0.717, 1.165) is 4.88 Å². The van der Waals surface area contributed by atoms with Crippen molar-refractivity contribution in [3.8, 4) is 0 Å². The third-order valence-corrected chi connectivity index (χ3v) is 5.16. The molecule has 0 spiro atoms. The SMILES string of the molecule is N=C1SC(=Cc2cccs2)C(=O)C1c1nccs1. The number of hydrogen-bond donors (Lipinski definition) is 1. The molecule has 1 unspecified atom stereocenters. The molecule has 90 valence electrons. The molecule has 1 aliphatic rings. The quantitative estimate of drug-likeness (QED) is 0.860. The van der Waals surface area contributed by atoms with E-state index in [-0.39, 0.29) is 5.78 Å². The summed E-state index contributed by atoms with van der Waals surface area (Å²) in [5.41, 5.74) is 0. The average Bonchev–Trinajstić information content (AvgIpc) is 3.03. The summed E-state index contributed by atoms with van der Waals surface area (Å²) in [6.45, 7) is 0. The van der Waals surface area contributed by atoms with Gasteiger partial charge >= 0.3 is 0 Å². The van der Waals surface area contributed by atoms with E-state index >= 15 is 0 Å². The highest BCUT2D eigenvalue weighted by Gasteiger charge is 2.38. The molecule has 0 aliphatic carbocycles. The van der Waals surface area contributed by atoms with Gasteiger partial charge in [0.05, 0.1) is 9.95 Å². The van der Waals surface area contributed by atoms with Crippen molar-refractivity contribution < 1.29 is 4.79 Å². The minimum Gasteiger partial charge on any atom is -0.297 e. The number of ketones is 1. The van der Waals surface area contributed by atoms with Gasteiger partial charge < -0.3 is 0 Å². The smallest absolute Gasteiger partial charge is 0.186 e. The van der Waals surface area contributed by atoms with Crippen LogP contribution in [0, 0.1) is 5.41 Å². The van der Waals surface area contributed by atoms with Crippen LogP contribution < -0.4 is 0 Å². The van der Waals surface area contributed by atoms with Crippen molar-refractivity contribution in [1.29, 1.82) is 5.41 Å². The van der Waals surface area contributed by atoms with Gasteiger partial charge in [-0.05, 0) is 17.5 Å². The normalized spacial score (nSPS) is 22.0. The summed E-state index contributed by atoms with van der Waals surface area (Å²) < 4.78 is 0. The Hall–Kier alpha value is -1.24. The van der Waals surface area contributed by atoms with Crippen LogP contribution in [0.1, 0.15) is 15.8 Å². The Bertz CT molecular complexity index is 614. The second-order valence-electron chi connectivity index (χ2n) is 3.66. The Labute approximate surface area is 116 Å². The van der Waals surface area contributed by atoms with Gasteiger partial charge in [-0.2, -0.15) is 0 Å². The summed E-state index contributed by atoms with van der Waals surface area (Å²) in [5.74, 6) is -0.491. The average molecular weight is 292 g/mol. The first-order chi connectivity index (χ1) is 8.75. The van der Waals surface area contributed by atoms with Crippen LogP contribution in [-0.2, 0) is 4.79 Å². The van der Waals surface area contributed by atoms with Crippen LogP contribution in [-0.4, -0.2) is 15.8 Å². The van der Waals surface area contributed by atoms with Gasteiger partial charge in [0.2, 0.25) is 0 Å². The van der Waals surface area contributed by atoms with Crippen molar-refractivity contribution in [2.45, 2.75) is 5.92 Å². The van der Waals surface area contributed by atoms with E-state index in [0.29, 0.717) is 15.0 Å². The number of hydrogen-bond acceptors (Lipinski definition) is 6. The minimum absolute atomic E-state index is 0.00616. The lowest BCUT2D eigenvalue weighted by Crippen LogP contribution is -2.11. The maximum atomic E-state index is 12.3. The zero-order valence-electron chi connectivity index (χ0n) is 9.12. The summed E-state index contributed by atoms with van der Waals surface area (Å²) >= 11 is 4.26. The standard InChI is InChI=1S/C12H8N2OS3/c13-11-9(12-14-3-5-17-12)10(15)8(18-11)6-7-2-1-4-16-7/h1-6,9,13H. The number of carbonyl (C=O) groups is 1. The number of carbonyl (C=O) groups excluding carboxylic acids is 1. The monoisotopic (exact) mass is 292 g/mol. The number of thiophene rings is 1. The van der Waals surface area contributed by atoms with Crippen LogP contribution >= 0.6 is 34.4 Å². The Balaban J connectivity index is 1.94. The number of rotatable bonds is 2. The molecule has 3 nitrogen and oxygen atoms in total. The van der Waals surface area contributed by atoms with Gasteiger partial charge in [-0.15, -0.1) is 22.7 Å². The van der Waals surface area contributed by atoms with Crippen molar-refractivity contribution in [2.75, 3.05) is 0 Å². The predicted molar refractivity (Wildman–Crippen MR) is 77.5 cm³/mol. The maximum absolute atomic E-state index is 12.3. The molecule has 0 aromatic carbocycles. The van der Waals surface area contributed by atoms with Crippen molar-refractivity contribution in [1.82, 2.24) is 4.98 Å².